The molecule has 0 saturated heterocycles. The standard InChI is InChI=1S/C19H22N4OS3/c1-15-4-6-17(7-5-15)26-12-9-20-18(24)13-27-19-22-21-14-23(19)10-8-16-3-2-11-25-16/h2-7,11,14H,8-10,12-13H2,1H3,(H,20,24). The number of amides is 1. The van der Waals surface area contributed by atoms with Crippen LogP contribution in [0.4, 0.5) is 0 Å². The Morgan fingerprint density at radius 1 is 1.22 bits per heavy atom. The number of carbonyl (C=O) groups is 1. The minimum Gasteiger partial charge on any atom is -0.355 e. The Bertz CT molecular complexity index is 831. The molecule has 0 spiro atoms. The monoisotopic (exact) mass is 418 g/mol. The molecule has 3 rings (SSSR count). The molecule has 0 saturated carbocycles. The van der Waals surface area contributed by atoms with E-state index in [2.05, 4.69) is 64.2 Å². The van der Waals surface area contributed by atoms with Crippen molar-refractivity contribution in [3.63, 3.8) is 0 Å². The van der Waals surface area contributed by atoms with E-state index in [0.29, 0.717) is 12.3 Å². The molecule has 1 aromatic carbocycles. The number of aromatic nitrogens is 3. The van der Waals surface area contributed by atoms with Crippen molar-refractivity contribution < 1.29 is 4.79 Å². The predicted molar refractivity (Wildman–Crippen MR) is 114 cm³/mol. The maximum Gasteiger partial charge on any atom is 0.230 e. The van der Waals surface area contributed by atoms with Gasteiger partial charge in [0.25, 0.3) is 0 Å². The number of thiophene rings is 1. The van der Waals surface area contributed by atoms with Crippen molar-refractivity contribution in [1.29, 1.82) is 0 Å². The summed E-state index contributed by atoms with van der Waals surface area (Å²) in [7, 11) is 0. The Labute approximate surface area is 172 Å². The summed E-state index contributed by atoms with van der Waals surface area (Å²) in [6.07, 6.45) is 2.68. The van der Waals surface area contributed by atoms with Crippen molar-refractivity contribution in [1.82, 2.24) is 20.1 Å². The van der Waals surface area contributed by atoms with Crippen LogP contribution in [0.1, 0.15) is 10.4 Å². The number of thioether (sulfide) groups is 2. The van der Waals surface area contributed by atoms with Gasteiger partial charge in [-0.1, -0.05) is 35.5 Å². The van der Waals surface area contributed by atoms with Gasteiger partial charge in [0, 0.05) is 28.6 Å². The molecule has 2 aromatic heterocycles. The highest BCUT2D eigenvalue weighted by Gasteiger charge is 2.09. The third kappa shape index (κ3) is 6.71. The van der Waals surface area contributed by atoms with Crippen molar-refractivity contribution in [2.75, 3.05) is 18.1 Å². The number of hydrogen-bond donors (Lipinski definition) is 1. The second-order valence-electron chi connectivity index (χ2n) is 5.94. The summed E-state index contributed by atoms with van der Waals surface area (Å²) < 4.78 is 2.00. The van der Waals surface area contributed by atoms with Crippen LogP contribution in [0, 0.1) is 6.92 Å². The van der Waals surface area contributed by atoms with E-state index in [0.717, 1.165) is 23.9 Å². The van der Waals surface area contributed by atoms with Gasteiger partial charge >= 0.3 is 0 Å². The van der Waals surface area contributed by atoms with Crippen molar-refractivity contribution in [3.8, 4) is 0 Å². The van der Waals surface area contributed by atoms with Gasteiger partial charge in [-0.05, 0) is 36.9 Å². The molecule has 2 heterocycles. The van der Waals surface area contributed by atoms with Crippen molar-refractivity contribution in [2.45, 2.75) is 29.9 Å². The average Bonchev–Trinajstić information content (AvgIpc) is 3.35. The Balaban J connectivity index is 1.34. The van der Waals surface area contributed by atoms with Crippen LogP contribution in [0.5, 0.6) is 0 Å². The molecule has 0 bridgehead atoms. The van der Waals surface area contributed by atoms with E-state index in [-0.39, 0.29) is 5.91 Å². The maximum atomic E-state index is 12.1. The van der Waals surface area contributed by atoms with Gasteiger partial charge in [-0.15, -0.1) is 33.3 Å². The summed E-state index contributed by atoms with van der Waals surface area (Å²) >= 11 is 4.93. The van der Waals surface area contributed by atoms with Gasteiger partial charge in [-0.3, -0.25) is 4.79 Å². The molecule has 0 radical (unpaired) electrons. The smallest absolute Gasteiger partial charge is 0.230 e. The fourth-order valence-electron chi connectivity index (χ4n) is 2.37. The molecule has 0 atom stereocenters. The van der Waals surface area contributed by atoms with Crippen LogP contribution >= 0.6 is 34.9 Å². The number of aryl methyl sites for hydroxylation is 3. The normalized spacial score (nSPS) is 10.9. The van der Waals surface area contributed by atoms with Gasteiger partial charge in [0.2, 0.25) is 5.91 Å². The molecule has 3 aromatic rings. The highest BCUT2D eigenvalue weighted by Crippen LogP contribution is 2.18. The molecule has 5 nitrogen and oxygen atoms in total. The first kappa shape index (κ1) is 20.0. The van der Waals surface area contributed by atoms with Crippen molar-refractivity contribution in [2.24, 2.45) is 0 Å². The third-order valence-corrected chi connectivity index (χ3v) is 6.74. The van der Waals surface area contributed by atoms with E-state index < -0.39 is 0 Å². The molecule has 1 N–H and O–H groups in total. The van der Waals surface area contributed by atoms with Gasteiger partial charge in [0.1, 0.15) is 6.33 Å². The number of rotatable bonds is 10. The third-order valence-electron chi connectivity index (χ3n) is 3.81. The number of hydrogen-bond acceptors (Lipinski definition) is 6. The SMILES string of the molecule is Cc1ccc(SCCNC(=O)CSc2nncn2CCc2cccs2)cc1. The van der Waals surface area contributed by atoms with Crippen LogP contribution in [0.2, 0.25) is 0 Å². The van der Waals surface area contributed by atoms with E-state index in [4.69, 9.17) is 0 Å². The molecule has 0 aliphatic heterocycles. The van der Waals surface area contributed by atoms with Gasteiger partial charge in [0.15, 0.2) is 5.16 Å². The summed E-state index contributed by atoms with van der Waals surface area (Å²) in [6.45, 7) is 3.56. The van der Waals surface area contributed by atoms with Gasteiger partial charge in [-0.25, -0.2) is 0 Å². The average molecular weight is 419 g/mol. The zero-order valence-corrected chi connectivity index (χ0v) is 17.6. The van der Waals surface area contributed by atoms with Crippen LogP contribution in [-0.4, -0.2) is 38.7 Å². The summed E-state index contributed by atoms with van der Waals surface area (Å²) in [4.78, 5) is 14.6. The first-order chi connectivity index (χ1) is 13.2. The molecule has 0 aliphatic rings. The van der Waals surface area contributed by atoms with Crippen molar-refractivity contribution in [3.05, 3.63) is 58.5 Å². The lowest BCUT2D eigenvalue weighted by Crippen LogP contribution is -2.27. The quantitative estimate of drug-likeness (QED) is 0.400. The molecule has 8 heteroatoms. The molecule has 0 fully saturated rings. The Morgan fingerprint density at radius 2 is 2.07 bits per heavy atom. The van der Waals surface area contributed by atoms with Crippen LogP contribution in [0.25, 0.3) is 0 Å². The van der Waals surface area contributed by atoms with E-state index in [1.807, 2.05) is 4.57 Å². The second-order valence-corrected chi connectivity index (χ2v) is 9.08. The Kier molecular flexibility index (Phi) is 7.79. The lowest BCUT2D eigenvalue weighted by molar-refractivity contribution is -0.118. The highest BCUT2D eigenvalue weighted by molar-refractivity contribution is 7.99. The van der Waals surface area contributed by atoms with E-state index in [1.165, 1.54) is 27.1 Å². The molecule has 142 valence electrons. The largest absolute Gasteiger partial charge is 0.355 e. The fourth-order valence-corrected chi connectivity index (χ4v) is 4.61. The Hall–Kier alpha value is -1.77. The zero-order valence-electron chi connectivity index (χ0n) is 15.1. The van der Waals surface area contributed by atoms with Crippen LogP contribution < -0.4 is 5.32 Å². The minimum absolute atomic E-state index is 0.0253. The van der Waals surface area contributed by atoms with Gasteiger partial charge in [-0.2, -0.15) is 0 Å². The number of nitrogens with zero attached hydrogens (tertiary/aromatic N) is 3. The number of nitrogens with one attached hydrogen (secondary N) is 1. The molecule has 0 unspecified atom stereocenters. The highest BCUT2D eigenvalue weighted by atomic mass is 32.2. The summed E-state index contributed by atoms with van der Waals surface area (Å²) in [5.41, 5.74) is 1.26. The minimum atomic E-state index is 0.0253. The van der Waals surface area contributed by atoms with Crippen LogP contribution in [0.3, 0.4) is 0 Å². The van der Waals surface area contributed by atoms with E-state index in [1.54, 1.807) is 29.4 Å². The number of carbonyl (C=O) groups excluding carboxylic acids is 1. The molecular formula is C19H22N4OS3. The van der Waals surface area contributed by atoms with Gasteiger partial charge in [0.05, 0.1) is 5.75 Å². The topological polar surface area (TPSA) is 59.8 Å². The Morgan fingerprint density at radius 3 is 2.85 bits per heavy atom. The fraction of sp³-hybridized carbons (Fsp3) is 0.316. The molecule has 1 amide bonds. The lowest BCUT2D eigenvalue weighted by Gasteiger charge is -2.07. The number of benzene rings is 1. The first-order valence-corrected chi connectivity index (χ1v) is 11.5. The van der Waals surface area contributed by atoms with Crippen molar-refractivity contribution >= 4 is 40.8 Å². The molecular weight excluding hydrogens is 396 g/mol. The van der Waals surface area contributed by atoms with E-state index >= 15 is 0 Å². The predicted octanol–water partition coefficient (Wildman–Crippen LogP) is 3.89. The van der Waals surface area contributed by atoms with Crippen LogP contribution in [0.15, 0.2) is 58.2 Å². The van der Waals surface area contributed by atoms with Gasteiger partial charge < -0.3 is 9.88 Å². The maximum absolute atomic E-state index is 12.1. The summed E-state index contributed by atoms with van der Waals surface area (Å²) in [5, 5.41) is 13.9. The summed E-state index contributed by atoms with van der Waals surface area (Å²) in [5.74, 6) is 1.24. The summed E-state index contributed by atoms with van der Waals surface area (Å²) in [6, 6.07) is 12.6. The van der Waals surface area contributed by atoms with E-state index in [9.17, 15) is 4.79 Å². The first-order valence-electron chi connectivity index (χ1n) is 8.70. The zero-order chi connectivity index (χ0) is 18.9. The molecule has 27 heavy (non-hydrogen) atoms. The lowest BCUT2D eigenvalue weighted by atomic mass is 10.2. The van der Waals surface area contributed by atoms with Crippen LogP contribution in [-0.2, 0) is 17.8 Å². The molecule has 0 aliphatic carbocycles. The second kappa shape index (κ2) is 10.5.